The molecule has 3 rings (SSSR count). The molecule has 1 saturated heterocycles. The number of carbonyl (C=O) groups is 3. The molecule has 10 nitrogen and oxygen atoms in total. The van der Waals surface area contributed by atoms with Crippen molar-refractivity contribution in [1.82, 2.24) is 14.5 Å². The van der Waals surface area contributed by atoms with E-state index in [0.29, 0.717) is 18.5 Å². The minimum Gasteiger partial charge on any atom is -0.383 e. The Hall–Kier alpha value is -2.50. The summed E-state index contributed by atoms with van der Waals surface area (Å²) in [4.78, 5) is 40.7. The molecule has 2 fully saturated rings. The van der Waals surface area contributed by atoms with Crippen LogP contribution in [0.5, 0.6) is 0 Å². The van der Waals surface area contributed by atoms with Gasteiger partial charge >= 0.3 is 6.03 Å². The van der Waals surface area contributed by atoms with E-state index in [1.54, 1.807) is 14.0 Å². The Balaban J connectivity index is 1.63. The second-order valence-corrected chi connectivity index (χ2v) is 10.1. The quantitative estimate of drug-likeness (QED) is 0.560. The zero-order chi connectivity index (χ0) is 23.5. The smallest absolute Gasteiger partial charge is 0.327 e. The first-order chi connectivity index (χ1) is 15.1. The van der Waals surface area contributed by atoms with Crippen LogP contribution in [-0.4, -0.2) is 75.0 Å². The molecule has 1 aromatic rings. The first-order valence-corrected chi connectivity index (χ1v) is 12.1. The third-order valence-corrected chi connectivity index (χ3v) is 7.61. The molecule has 1 atom stereocenters. The molecule has 2 N–H and O–H groups in total. The molecule has 1 spiro atoms. The lowest BCUT2D eigenvalue weighted by Crippen LogP contribution is -2.49. The molecule has 1 heterocycles. The van der Waals surface area contributed by atoms with Crippen LogP contribution in [0, 0.1) is 0 Å². The van der Waals surface area contributed by atoms with E-state index < -0.39 is 33.5 Å². The summed E-state index contributed by atoms with van der Waals surface area (Å²) in [6, 6.07) is 4.78. The summed E-state index contributed by atoms with van der Waals surface area (Å²) in [5.74, 6) is -0.854. The zero-order valence-corrected chi connectivity index (χ0v) is 19.4. The normalized spacial score (nSPS) is 19.5. The van der Waals surface area contributed by atoms with Crippen LogP contribution in [0.15, 0.2) is 29.2 Å². The van der Waals surface area contributed by atoms with E-state index in [9.17, 15) is 22.8 Å². The van der Waals surface area contributed by atoms with E-state index in [1.807, 2.05) is 0 Å². The molecule has 2 aliphatic rings. The molecule has 4 amide bonds. The van der Waals surface area contributed by atoms with Gasteiger partial charge in [0.2, 0.25) is 15.9 Å². The van der Waals surface area contributed by atoms with Crippen molar-refractivity contribution in [3.63, 3.8) is 0 Å². The number of nitrogens with zero attached hydrogens (tertiary/aromatic N) is 2. The second-order valence-electron chi connectivity index (χ2n) is 8.38. The SMILES string of the molecule is COCC(C)NS(=O)(=O)c1ccc(NC(=O)CN2C(=O)N(C)C3(CCCCC3)C2=O)cc1. The molecule has 1 aromatic carbocycles. The number of carbonyl (C=O) groups excluding carboxylic acids is 3. The van der Waals surface area contributed by atoms with Gasteiger partial charge in [-0.15, -0.1) is 0 Å². The first kappa shape index (κ1) is 24.1. The third-order valence-electron chi connectivity index (χ3n) is 6.01. The van der Waals surface area contributed by atoms with Crippen LogP contribution in [-0.2, 0) is 24.3 Å². The van der Waals surface area contributed by atoms with Crippen LogP contribution < -0.4 is 10.0 Å². The van der Waals surface area contributed by atoms with Crippen molar-refractivity contribution in [2.75, 3.05) is 32.6 Å². The van der Waals surface area contributed by atoms with Crippen LogP contribution in [0.2, 0.25) is 0 Å². The number of likely N-dealkylation sites (N-methyl/N-ethyl adjacent to an activating group) is 1. The van der Waals surface area contributed by atoms with Gasteiger partial charge in [-0.25, -0.2) is 17.9 Å². The summed E-state index contributed by atoms with van der Waals surface area (Å²) in [6.45, 7) is 1.53. The number of sulfonamides is 1. The van der Waals surface area contributed by atoms with Gasteiger partial charge in [-0.2, -0.15) is 0 Å². The minimum absolute atomic E-state index is 0.0456. The monoisotopic (exact) mass is 466 g/mol. The Morgan fingerprint density at radius 1 is 1.16 bits per heavy atom. The maximum absolute atomic E-state index is 13.0. The molecule has 0 bridgehead atoms. The second kappa shape index (κ2) is 9.55. The maximum Gasteiger partial charge on any atom is 0.327 e. The number of amides is 4. The van der Waals surface area contributed by atoms with E-state index >= 15 is 0 Å². The Bertz CT molecular complexity index is 973. The van der Waals surface area contributed by atoms with Crippen LogP contribution in [0.3, 0.4) is 0 Å². The van der Waals surface area contributed by atoms with Crippen LogP contribution in [0.1, 0.15) is 39.0 Å². The molecule has 0 radical (unpaired) electrons. The van der Waals surface area contributed by atoms with E-state index in [0.717, 1.165) is 24.2 Å². The summed E-state index contributed by atoms with van der Waals surface area (Å²) in [5, 5.41) is 2.62. The number of urea groups is 1. The van der Waals surface area contributed by atoms with Gasteiger partial charge in [-0.3, -0.25) is 14.5 Å². The fourth-order valence-corrected chi connectivity index (χ4v) is 5.58. The number of methoxy groups -OCH3 is 1. The minimum atomic E-state index is -3.73. The number of benzene rings is 1. The van der Waals surface area contributed by atoms with Gasteiger partial charge in [0.15, 0.2) is 0 Å². The number of nitrogens with one attached hydrogen (secondary N) is 2. The number of imide groups is 1. The Morgan fingerprint density at radius 3 is 2.38 bits per heavy atom. The van der Waals surface area contributed by atoms with Gasteiger partial charge in [0.05, 0.1) is 11.5 Å². The van der Waals surface area contributed by atoms with Crippen molar-refractivity contribution in [3.05, 3.63) is 24.3 Å². The van der Waals surface area contributed by atoms with E-state index in [-0.39, 0.29) is 24.0 Å². The van der Waals surface area contributed by atoms with Gasteiger partial charge in [0, 0.05) is 25.9 Å². The van der Waals surface area contributed by atoms with Crippen molar-refractivity contribution in [1.29, 1.82) is 0 Å². The number of anilines is 1. The summed E-state index contributed by atoms with van der Waals surface area (Å²) < 4.78 is 32.2. The number of hydrogen-bond acceptors (Lipinski definition) is 6. The van der Waals surface area contributed by atoms with Gasteiger partial charge in [0.25, 0.3) is 5.91 Å². The highest BCUT2D eigenvalue weighted by Crippen LogP contribution is 2.39. The van der Waals surface area contributed by atoms with Crippen molar-refractivity contribution in [2.45, 2.75) is 55.5 Å². The van der Waals surface area contributed by atoms with Crippen LogP contribution >= 0.6 is 0 Å². The van der Waals surface area contributed by atoms with Crippen molar-refractivity contribution >= 4 is 33.6 Å². The summed E-state index contributed by atoms with van der Waals surface area (Å²) in [5.41, 5.74) is -0.475. The van der Waals surface area contributed by atoms with Crippen molar-refractivity contribution < 1.29 is 27.5 Å². The van der Waals surface area contributed by atoms with Gasteiger partial charge in [-0.1, -0.05) is 19.3 Å². The molecule has 1 saturated carbocycles. The summed E-state index contributed by atoms with van der Waals surface area (Å²) >= 11 is 0. The molecule has 1 aliphatic carbocycles. The highest BCUT2D eigenvalue weighted by Gasteiger charge is 2.55. The summed E-state index contributed by atoms with van der Waals surface area (Å²) in [6.07, 6.45) is 4.00. The van der Waals surface area contributed by atoms with Crippen LogP contribution in [0.4, 0.5) is 10.5 Å². The molecular formula is C21H30N4O6S. The van der Waals surface area contributed by atoms with Crippen molar-refractivity contribution in [2.24, 2.45) is 0 Å². The van der Waals surface area contributed by atoms with Gasteiger partial charge < -0.3 is 15.0 Å². The van der Waals surface area contributed by atoms with E-state index in [1.165, 1.54) is 36.3 Å². The number of hydrogen-bond donors (Lipinski definition) is 2. The molecule has 32 heavy (non-hydrogen) atoms. The third kappa shape index (κ3) is 4.79. The lowest BCUT2D eigenvalue weighted by atomic mass is 9.81. The lowest BCUT2D eigenvalue weighted by molar-refractivity contribution is -0.136. The van der Waals surface area contributed by atoms with E-state index in [2.05, 4.69) is 10.0 Å². The fourth-order valence-electron chi connectivity index (χ4n) is 4.35. The number of rotatable bonds is 8. The average Bonchev–Trinajstić information content (AvgIpc) is 2.91. The highest BCUT2D eigenvalue weighted by atomic mass is 32.2. The van der Waals surface area contributed by atoms with Gasteiger partial charge in [-0.05, 0) is 44.0 Å². The van der Waals surface area contributed by atoms with Crippen LogP contribution in [0.25, 0.3) is 0 Å². The molecule has 1 aliphatic heterocycles. The number of ether oxygens (including phenoxy) is 1. The predicted molar refractivity (Wildman–Crippen MR) is 117 cm³/mol. The maximum atomic E-state index is 13.0. The molecule has 176 valence electrons. The molecule has 0 aromatic heterocycles. The summed E-state index contributed by atoms with van der Waals surface area (Å²) in [7, 11) is -0.628. The Kier molecular flexibility index (Phi) is 7.21. The standard InChI is InChI=1S/C21H30N4O6S/c1-15(14-31-3)23-32(29,30)17-9-7-16(8-10-17)22-18(26)13-25-19(27)21(24(2)20(25)28)11-5-4-6-12-21/h7-10,15,23H,4-6,11-14H2,1-3H3,(H,22,26). The zero-order valence-electron chi connectivity index (χ0n) is 18.6. The molecule has 11 heteroatoms. The predicted octanol–water partition coefficient (Wildman–Crippen LogP) is 1.54. The molecule has 1 unspecified atom stereocenters. The fraction of sp³-hybridized carbons (Fsp3) is 0.571. The highest BCUT2D eigenvalue weighted by molar-refractivity contribution is 7.89. The van der Waals surface area contributed by atoms with Gasteiger partial charge in [0.1, 0.15) is 12.1 Å². The topological polar surface area (TPSA) is 125 Å². The average molecular weight is 467 g/mol. The van der Waals surface area contributed by atoms with E-state index in [4.69, 9.17) is 4.74 Å². The Labute approximate surface area is 188 Å². The first-order valence-electron chi connectivity index (χ1n) is 10.6. The largest absolute Gasteiger partial charge is 0.383 e. The Morgan fingerprint density at radius 2 is 1.78 bits per heavy atom. The van der Waals surface area contributed by atoms with Crippen molar-refractivity contribution in [3.8, 4) is 0 Å². The lowest BCUT2D eigenvalue weighted by Gasteiger charge is -2.35. The molecular weight excluding hydrogens is 436 g/mol.